The fraction of sp³-hybridized carbons (Fsp3) is 0.314. The summed E-state index contributed by atoms with van der Waals surface area (Å²) >= 11 is 1.92. The van der Waals surface area contributed by atoms with Gasteiger partial charge in [0.05, 0.1) is 0 Å². The van der Waals surface area contributed by atoms with Crippen LogP contribution in [0.3, 0.4) is 0 Å². The number of hydrogen-bond acceptors (Lipinski definition) is 1. The lowest BCUT2D eigenvalue weighted by Crippen LogP contribution is -2.60. The fourth-order valence-electron chi connectivity index (χ4n) is 9.47. The highest BCUT2D eigenvalue weighted by atomic mass is 32.1. The molecule has 4 fully saturated rings. The summed E-state index contributed by atoms with van der Waals surface area (Å²) in [6.45, 7) is 2.20. The molecular formula is C35H30S. The number of rotatable bonds is 3. The summed E-state index contributed by atoms with van der Waals surface area (Å²) in [6, 6.07) is 32.6. The molecule has 1 heterocycles. The third-order valence-electron chi connectivity index (χ3n) is 10.9. The number of fused-ring (bicyclic) bond motifs is 4. The molecule has 1 spiro atoms. The van der Waals surface area contributed by atoms with E-state index in [0.717, 1.165) is 35.0 Å². The molecule has 4 aliphatic rings. The van der Waals surface area contributed by atoms with Crippen molar-refractivity contribution in [1.82, 2.24) is 0 Å². The smallest absolute Gasteiger partial charge is 0.0355 e. The highest BCUT2D eigenvalue weighted by Crippen LogP contribution is 2.84. The third-order valence-corrected chi connectivity index (χ3v) is 12.1. The van der Waals surface area contributed by atoms with Gasteiger partial charge in [-0.1, -0.05) is 66.2 Å². The molecule has 6 atom stereocenters. The van der Waals surface area contributed by atoms with Gasteiger partial charge in [0, 0.05) is 20.2 Å². The van der Waals surface area contributed by atoms with Crippen molar-refractivity contribution in [3.63, 3.8) is 0 Å². The van der Waals surface area contributed by atoms with Crippen LogP contribution in [0.4, 0.5) is 0 Å². The van der Waals surface area contributed by atoms with Crippen molar-refractivity contribution < 1.29 is 0 Å². The van der Waals surface area contributed by atoms with E-state index < -0.39 is 0 Å². The van der Waals surface area contributed by atoms with E-state index in [-0.39, 0.29) is 0 Å². The molecule has 0 amide bonds. The van der Waals surface area contributed by atoms with Crippen molar-refractivity contribution in [2.45, 2.75) is 38.5 Å². The van der Waals surface area contributed by atoms with E-state index in [1.807, 2.05) is 11.3 Å². The van der Waals surface area contributed by atoms with E-state index >= 15 is 0 Å². The SMILES string of the molecule is Cc1ccc2sc3ccc(-c4ccc(-c5ccccc5)c([C@H]5[C@@H]6CC7CC8C[C@@H]5[C@]78C6)c4)cc3c2c1. The number of aryl methyl sites for hydroxylation is 1. The second kappa shape index (κ2) is 6.90. The van der Waals surface area contributed by atoms with Crippen molar-refractivity contribution >= 4 is 31.5 Å². The molecule has 4 saturated carbocycles. The summed E-state index contributed by atoms with van der Waals surface area (Å²) in [5, 5.41) is 2.81. The van der Waals surface area contributed by atoms with Gasteiger partial charge in [0.15, 0.2) is 0 Å². The zero-order valence-electron chi connectivity index (χ0n) is 20.7. The van der Waals surface area contributed by atoms with Gasteiger partial charge in [-0.05, 0) is 120 Å². The fourth-order valence-corrected chi connectivity index (χ4v) is 10.5. The minimum Gasteiger partial charge on any atom is -0.135 e. The number of thiophene rings is 1. The molecule has 176 valence electrons. The van der Waals surface area contributed by atoms with Crippen molar-refractivity contribution in [3.05, 3.63) is 96.1 Å². The van der Waals surface area contributed by atoms with Crippen LogP contribution in [0.25, 0.3) is 42.4 Å². The normalized spacial score (nSPS) is 31.4. The van der Waals surface area contributed by atoms with Gasteiger partial charge in [0.25, 0.3) is 0 Å². The Morgan fingerprint density at radius 2 is 1.44 bits per heavy atom. The van der Waals surface area contributed by atoms with Crippen LogP contribution in [0.1, 0.15) is 42.7 Å². The Morgan fingerprint density at radius 3 is 2.28 bits per heavy atom. The highest BCUT2D eigenvalue weighted by molar-refractivity contribution is 7.25. The third kappa shape index (κ3) is 2.46. The van der Waals surface area contributed by atoms with Gasteiger partial charge in [-0.2, -0.15) is 0 Å². The molecule has 4 aliphatic carbocycles. The zero-order valence-corrected chi connectivity index (χ0v) is 21.5. The van der Waals surface area contributed by atoms with Crippen molar-refractivity contribution in [2.24, 2.45) is 29.1 Å². The first kappa shape index (κ1) is 20.2. The molecule has 0 radical (unpaired) electrons. The second-order valence-electron chi connectivity index (χ2n) is 12.3. The van der Waals surface area contributed by atoms with Crippen molar-refractivity contribution in [3.8, 4) is 22.3 Å². The van der Waals surface area contributed by atoms with Crippen LogP contribution in [0.5, 0.6) is 0 Å². The minimum absolute atomic E-state index is 0.742. The highest BCUT2D eigenvalue weighted by Gasteiger charge is 2.76. The summed E-state index contributed by atoms with van der Waals surface area (Å²) in [6.07, 6.45) is 6.03. The lowest BCUT2D eigenvalue weighted by atomic mass is 9.37. The summed E-state index contributed by atoms with van der Waals surface area (Å²) in [7, 11) is 0. The largest absolute Gasteiger partial charge is 0.135 e. The Kier molecular flexibility index (Phi) is 3.87. The molecule has 2 bridgehead atoms. The first-order chi connectivity index (χ1) is 17.7. The van der Waals surface area contributed by atoms with E-state index in [4.69, 9.17) is 0 Å². The molecule has 0 N–H and O–H groups in total. The molecule has 0 aliphatic heterocycles. The summed E-state index contributed by atoms with van der Waals surface area (Å²) < 4.78 is 2.79. The van der Waals surface area contributed by atoms with Crippen LogP contribution in [-0.4, -0.2) is 0 Å². The number of benzene rings is 4. The maximum absolute atomic E-state index is 2.60. The van der Waals surface area contributed by atoms with Crippen LogP contribution < -0.4 is 0 Å². The van der Waals surface area contributed by atoms with E-state index in [2.05, 4.69) is 91.9 Å². The molecule has 4 aromatic carbocycles. The maximum atomic E-state index is 2.60. The van der Waals surface area contributed by atoms with Crippen LogP contribution in [0.15, 0.2) is 84.9 Å². The molecule has 1 heteroatoms. The molecule has 5 aromatic rings. The van der Waals surface area contributed by atoms with Gasteiger partial charge in [0.1, 0.15) is 0 Å². The van der Waals surface area contributed by atoms with Gasteiger partial charge < -0.3 is 0 Å². The van der Waals surface area contributed by atoms with Gasteiger partial charge >= 0.3 is 0 Å². The monoisotopic (exact) mass is 482 g/mol. The van der Waals surface area contributed by atoms with Gasteiger partial charge in [-0.15, -0.1) is 11.3 Å². The van der Waals surface area contributed by atoms with Crippen LogP contribution in [-0.2, 0) is 0 Å². The molecule has 1 aromatic heterocycles. The first-order valence-electron chi connectivity index (χ1n) is 13.8. The van der Waals surface area contributed by atoms with Crippen molar-refractivity contribution in [1.29, 1.82) is 0 Å². The Bertz CT molecular complexity index is 1690. The van der Waals surface area contributed by atoms with Crippen molar-refractivity contribution in [2.75, 3.05) is 0 Å². The zero-order chi connectivity index (χ0) is 23.6. The summed E-state index contributed by atoms with van der Waals surface area (Å²) in [4.78, 5) is 0. The first-order valence-corrected chi connectivity index (χ1v) is 14.6. The van der Waals surface area contributed by atoms with Crippen LogP contribution in [0, 0.1) is 36.0 Å². The summed E-state index contributed by atoms with van der Waals surface area (Å²) in [5.41, 5.74) is 9.33. The predicted molar refractivity (Wildman–Crippen MR) is 153 cm³/mol. The van der Waals surface area contributed by atoms with E-state index in [1.165, 1.54) is 67.3 Å². The number of hydrogen-bond donors (Lipinski definition) is 0. The second-order valence-corrected chi connectivity index (χ2v) is 13.4. The maximum Gasteiger partial charge on any atom is 0.0355 e. The molecule has 0 nitrogen and oxygen atoms in total. The lowest BCUT2D eigenvalue weighted by molar-refractivity contribution is -0.181. The molecule has 36 heavy (non-hydrogen) atoms. The Balaban J connectivity index is 1.21. The lowest BCUT2D eigenvalue weighted by Gasteiger charge is -2.68. The topological polar surface area (TPSA) is 0 Å². The average molecular weight is 483 g/mol. The molecule has 0 saturated heterocycles. The quantitative estimate of drug-likeness (QED) is 0.240. The van der Waals surface area contributed by atoms with E-state index in [1.54, 1.807) is 12.0 Å². The van der Waals surface area contributed by atoms with Crippen LogP contribution >= 0.6 is 11.3 Å². The average Bonchev–Trinajstić information content (AvgIpc) is 3.54. The Morgan fingerprint density at radius 1 is 0.694 bits per heavy atom. The van der Waals surface area contributed by atoms with Gasteiger partial charge in [-0.25, -0.2) is 0 Å². The Hall–Kier alpha value is -2.90. The van der Waals surface area contributed by atoms with E-state index in [0.29, 0.717) is 0 Å². The standard InChI is InChI=1S/C35H30S/c1-20-7-11-32-28(13-20)29-15-23(9-12-33(29)36-32)22-8-10-27(21-5-3-2-4-6-21)30(16-22)34-24-14-25-17-26-18-31(34)35(25,26)19-24/h2-13,15-16,24-26,31,34H,14,17-19H2,1H3/t24-,25?,26?,31+,34-,35-/m1/s1. The molecule has 2 unspecified atom stereocenters. The van der Waals surface area contributed by atoms with E-state index in [9.17, 15) is 0 Å². The van der Waals surface area contributed by atoms with Gasteiger partial charge in [-0.3, -0.25) is 0 Å². The molecular weight excluding hydrogens is 452 g/mol. The van der Waals surface area contributed by atoms with Crippen LogP contribution in [0.2, 0.25) is 0 Å². The Labute approximate surface area is 217 Å². The predicted octanol–water partition coefficient (Wildman–Crippen LogP) is 9.85. The minimum atomic E-state index is 0.742. The summed E-state index contributed by atoms with van der Waals surface area (Å²) in [5.74, 6) is 4.70. The molecule has 9 rings (SSSR count). The van der Waals surface area contributed by atoms with Gasteiger partial charge in [0.2, 0.25) is 0 Å².